The van der Waals surface area contributed by atoms with Crippen LogP contribution in [0.3, 0.4) is 0 Å². The lowest BCUT2D eigenvalue weighted by Crippen LogP contribution is -2.38. The first-order chi connectivity index (χ1) is 12.8. The summed E-state index contributed by atoms with van der Waals surface area (Å²) in [6.45, 7) is 2.06. The topological polar surface area (TPSA) is 99.0 Å². The fraction of sp³-hybridized carbons (Fsp3) is 0.333. The van der Waals surface area contributed by atoms with Gasteiger partial charge in [-0.2, -0.15) is 4.31 Å². The Labute approximate surface area is 157 Å². The first-order valence-electron chi connectivity index (χ1n) is 8.30. The van der Waals surface area contributed by atoms with Crippen molar-refractivity contribution in [2.75, 3.05) is 20.8 Å². The minimum Gasteiger partial charge on any atom is -0.493 e. The number of hydrogen-bond donors (Lipinski definition) is 0. The summed E-state index contributed by atoms with van der Waals surface area (Å²) in [5, 5.41) is 11.0. The number of rotatable bonds is 5. The summed E-state index contributed by atoms with van der Waals surface area (Å²) in [7, 11) is -0.814. The fourth-order valence-electron chi connectivity index (χ4n) is 3.34. The van der Waals surface area contributed by atoms with E-state index in [1.165, 1.54) is 29.6 Å². The highest BCUT2D eigenvalue weighted by Crippen LogP contribution is 2.40. The van der Waals surface area contributed by atoms with Crippen LogP contribution in [-0.4, -0.2) is 38.4 Å². The number of ether oxygens (including phenoxy) is 2. The second-order valence-corrected chi connectivity index (χ2v) is 8.09. The summed E-state index contributed by atoms with van der Waals surface area (Å²) in [5.41, 5.74) is 1.56. The van der Waals surface area contributed by atoms with Gasteiger partial charge in [0.2, 0.25) is 10.0 Å². The van der Waals surface area contributed by atoms with Gasteiger partial charge < -0.3 is 9.47 Å². The largest absolute Gasteiger partial charge is 0.493 e. The maximum atomic E-state index is 13.1. The van der Waals surface area contributed by atoms with Crippen molar-refractivity contribution in [3.63, 3.8) is 0 Å². The van der Waals surface area contributed by atoms with Crippen molar-refractivity contribution < 1.29 is 22.8 Å². The summed E-state index contributed by atoms with van der Waals surface area (Å²) in [6, 6.07) is 8.31. The zero-order valence-electron chi connectivity index (χ0n) is 15.2. The van der Waals surface area contributed by atoms with E-state index in [9.17, 15) is 18.5 Å². The lowest BCUT2D eigenvalue weighted by atomic mass is 9.94. The SMILES string of the molecule is COc1cc2c(cc1OC)[C@@H](C)N(S(=O)(=O)c1cccc([N+](=O)[O-])c1)CC2. The van der Waals surface area contributed by atoms with E-state index in [0.29, 0.717) is 17.9 Å². The van der Waals surface area contributed by atoms with E-state index < -0.39 is 21.0 Å². The van der Waals surface area contributed by atoms with E-state index in [0.717, 1.165) is 17.2 Å². The highest BCUT2D eigenvalue weighted by atomic mass is 32.2. The van der Waals surface area contributed by atoms with E-state index >= 15 is 0 Å². The van der Waals surface area contributed by atoms with Crippen molar-refractivity contribution in [2.24, 2.45) is 0 Å². The van der Waals surface area contributed by atoms with Gasteiger partial charge in [-0.15, -0.1) is 0 Å². The molecule has 0 fully saturated rings. The number of methoxy groups -OCH3 is 2. The molecule has 1 aliphatic heterocycles. The molecule has 0 spiro atoms. The highest BCUT2D eigenvalue weighted by Gasteiger charge is 2.35. The van der Waals surface area contributed by atoms with Gasteiger partial charge in [-0.1, -0.05) is 6.07 Å². The molecule has 0 saturated heterocycles. The molecule has 0 radical (unpaired) electrons. The van der Waals surface area contributed by atoms with Crippen molar-refractivity contribution in [3.05, 3.63) is 57.6 Å². The van der Waals surface area contributed by atoms with Gasteiger partial charge in [-0.3, -0.25) is 10.1 Å². The molecule has 1 atom stereocenters. The molecule has 0 amide bonds. The van der Waals surface area contributed by atoms with Crippen molar-refractivity contribution in [3.8, 4) is 11.5 Å². The number of benzene rings is 2. The third kappa shape index (κ3) is 3.35. The Morgan fingerprint density at radius 1 is 1.15 bits per heavy atom. The van der Waals surface area contributed by atoms with Gasteiger partial charge in [0, 0.05) is 24.7 Å². The predicted molar refractivity (Wildman–Crippen MR) is 98.7 cm³/mol. The summed E-state index contributed by atoms with van der Waals surface area (Å²) >= 11 is 0. The molecule has 2 aromatic rings. The van der Waals surface area contributed by atoms with Crippen LogP contribution in [0.15, 0.2) is 41.3 Å². The second-order valence-electron chi connectivity index (χ2n) is 6.20. The van der Waals surface area contributed by atoms with Crippen LogP contribution in [-0.2, 0) is 16.4 Å². The number of nitrogens with zero attached hydrogens (tertiary/aromatic N) is 2. The van der Waals surface area contributed by atoms with Crippen LogP contribution in [0.25, 0.3) is 0 Å². The zero-order chi connectivity index (χ0) is 19.8. The molecule has 8 nitrogen and oxygen atoms in total. The predicted octanol–water partition coefficient (Wildman–Crippen LogP) is 2.92. The maximum absolute atomic E-state index is 13.1. The van der Waals surface area contributed by atoms with Crippen molar-refractivity contribution in [1.29, 1.82) is 0 Å². The molecule has 27 heavy (non-hydrogen) atoms. The third-order valence-electron chi connectivity index (χ3n) is 4.76. The molecule has 0 N–H and O–H groups in total. The first kappa shape index (κ1) is 19.1. The minimum absolute atomic E-state index is 0.0903. The average Bonchev–Trinajstić information content (AvgIpc) is 2.67. The Kier molecular flexibility index (Phi) is 5.07. The molecule has 0 unspecified atom stereocenters. The van der Waals surface area contributed by atoms with Crippen LogP contribution in [0.4, 0.5) is 5.69 Å². The summed E-state index contributed by atoms with van der Waals surface area (Å²) < 4.78 is 38.2. The maximum Gasteiger partial charge on any atom is 0.270 e. The second kappa shape index (κ2) is 7.16. The number of nitro groups is 1. The van der Waals surface area contributed by atoms with Gasteiger partial charge >= 0.3 is 0 Å². The molecule has 2 aromatic carbocycles. The Morgan fingerprint density at radius 2 is 1.81 bits per heavy atom. The number of sulfonamides is 1. The Hall–Kier alpha value is -2.65. The summed E-state index contributed by atoms with van der Waals surface area (Å²) in [6.07, 6.45) is 0.508. The Morgan fingerprint density at radius 3 is 2.44 bits per heavy atom. The van der Waals surface area contributed by atoms with Gasteiger partial charge in [0.05, 0.1) is 24.0 Å². The molecular formula is C18H20N2O6S. The minimum atomic E-state index is -3.89. The lowest BCUT2D eigenvalue weighted by Gasteiger charge is -2.34. The van der Waals surface area contributed by atoms with Gasteiger partial charge in [-0.25, -0.2) is 8.42 Å². The van der Waals surface area contributed by atoms with E-state index in [1.54, 1.807) is 20.1 Å². The van der Waals surface area contributed by atoms with E-state index in [-0.39, 0.29) is 17.1 Å². The molecule has 0 bridgehead atoms. The summed E-state index contributed by atoms with van der Waals surface area (Å²) in [4.78, 5) is 10.3. The fourth-order valence-corrected chi connectivity index (χ4v) is 5.00. The molecule has 9 heteroatoms. The molecular weight excluding hydrogens is 372 g/mol. The van der Waals surface area contributed by atoms with Crippen molar-refractivity contribution in [2.45, 2.75) is 24.3 Å². The van der Waals surface area contributed by atoms with Crippen LogP contribution in [0, 0.1) is 10.1 Å². The van der Waals surface area contributed by atoms with Crippen molar-refractivity contribution in [1.82, 2.24) is 4.31 Å². The lowest BCUT2D eigenvalue weighted by molar-refractivity contribution is -0.385. The molecule has 3 rings (SSSR count). The zero-order valence-corrected chi connectivity index (χ0v) is 16.0. The monoisotopic (exact) mass is 392 g/mol. The quantitative estimate of drug-likeness (QED) is 0.573. The van der Waals surface area contributed by atoms with Crippen LogP contribution >= 0.6 is 0 Å². The van der Waals surface area contributed by atoms with Crippen LogP contribution < -0.4 is 9.47 Å². The van der Waals surface area contributed by atoms with Crippen LogP contribution in [0.2, 0.25) is 0 Å². The molecule has 1 heterocycles. The Balaban J connectivity index is 2.02. The summed E-state index contributed by atoms with van der Waals surface area (Å²) in [5.74, 6) is 1.12. The van der Waals surface area contributed by atoms with Crippen LogP contribution in [0.5, 0.6) is 11.5 Å². The van der Waals surface area contributed by atoms with Gasteiger partial charge in [0.15, 0.2) is 11.5 Å². The average molecular weight is 392 g/mol. The van der Waals surface area contributed by atoms with E-state index in [1.807, 2.05) is 6.07 Å². The van der Waals surface area contributed by atoms with E-state index in [2.05, 4.69) is 0 Å². The molecule has 0 aromatic heterocycles. The highest BCUT2D eigenvalue weighted by molar-refractivity contribution is 7.89. The number of nitro benzene ring substituents is 1. The smallest absolute Gasteiger partial charge is 0.270 e. The normalized spacial score (nSPS) is 17.2. The van der Waals surface area contributed by atoms with Crippen molar-refractivity contribution >= 4 is 15.7 Å². The van der Waals surface area contributed by atoms with Crippen LogP contribution in [0.1, 0.15) is 24.1 Å². The molecule has 1 aliphatic rings. The van der Waals surface area contributed by atoms with Gasteiger partial charge in [-0.05, 0) is 42.7 Å². The molecule has 0 aliphatic carbocycles. The van der Waals surface area contributed by atoms with Gasteiger partial charge in [0.1, 0.15) is 0 Å². The van der Waals surface area contributed by atoms with E-state index in [4.69, 9.17) is 9.47 Å². The molecule has 144 valence electrons. The Bertz CT molecular complexity index is 989. The first-order valence-corrected chi connectivity index (χ1v) is 9.74. The third-order valence-corrected chi connectivity index (χ3v) is 6.73. The standard InChI is InChI=1S/C18H20N2O6S/c1-12-16-11-18(26-3)17(25-2)9-13(16)7-8-19(12)27(23,24)15-6-4-5-14(10-15)20(21)22/h4-6,9-12H,7-8H2,1-3H3/t12-/m1/s1. The molecule has 0 saturated carbocycles. The number of fused-ring (bicyclic) bond motifs is 1. The number of non-ortho nitro benzene ring substituents is 1. The number of hydrogen-bond acceptors (Lipinski definition) is 6. The van der Waals surface area contributed by atoms with Gasteiger partial charge in [0.25, 0.3) is 5.69 Å².